The Labute approximate surface area is 108 Å². The van der Waals surface area contributed by atoms with Crippen LogP contribution in [0.4, 0.5) is 5.69 Å². The molecule has 0 aliphatic carbocycles. The lowest BCUT2D eigenvalue weighted by Gasteiger charge is -2.21. The minimum atomic E-state index is -0.0540. The highest BCUT2D eigenvalue weighted by atomic mass is 79.9. The number of phenolic OH excluding ortho intramolecular Hbond substituents is 1. The molecule has 2 rings (SSSR count). The smallest absolute Gasteiger partial charge is 0.227 e. The van der Waals surface area contributed by atoms with Crippen LogP contribution in [0.15, 0.2) is 22.7 Å². The zero-order chi connectivity index (χ0) is 12.3. The summed E-state index contributed by atoms with van der Waals surface area (Å²) in [6.45, 7) is 1.26. The average Bonchev–Trinajstić information content (AvgIpc) is 2.35. The molecule has 5 heteroatoms. The van der Waals surface area contributed by atoms with E-state index in [-0.39, 0.29) is 17.6 Å². The van der Waals surface area contributed by atoms with E-state index in [0.717, 1.165) is 17.3 Å². The fraction of sp³-hybridized carbons (Fsp3) is 0.417. The molecule has 0 radical (unpaired) electrons. The van der Waals surface area contributed by atoms with Gasteiger partial charge in [-0.1, -0.05) is 15.9 Å². The van der Waals surface area contributed by atoms with Gasteiger partial charge in [0.2, 0.25) is 5.91 Å². The molecule has 1 fully saturated rings. The Morgan fingerprint density at radius 2 is 2.12 bits per heavy atom. The second-order valence-electron chi connectivity index (χ2n) is 4.04. The van der Waals surface area contributed by atoms with Gasteiger partial charge in [0.15, 0.2) is 0 Å². The number of carbonyl (C=O) groups excluding carboxylic acids is 1. The topological polar surface area (TPSA) is 58.6 Å². The van der Waals surface area contributed by atoms with Crippen molar-refractivity contribution in [1.29, 1.82) is 0 Å². The maximum atomic E-state index is 11.9. The number of halogens is 1. The first-order valence-electron chi connectivity index (χ1n) is 5.54. The fourth-order valence-corrected chi connectivity index (χ4v) is 2.16. The molecule has 4 nitrogen and oxygen atoms in total. The Morgan fingerprint density at radius 3 is 2.82 bits per heavy atom. The molecule has 0 atom stereocenters. The number of phenols is 1. The lowest BCUT2D eigenvalue weighted by Crippen LogP contribution is -2.28. The van der Waals surface area contributed by atoms with Crippen LogP contribution in [0, 0.1) is 5.92 Å². The van der Waals surface area contributed by atoms with Crippen LogP contribution in [-0.4, -0.2) is 24.2 Å². The van der Waals surface area contributed by atoms with Gasteiger partial charge in [-0.15, -0.1) is 0 Å². The molecule has 0 aromatic heterocycles. The lowest BCUT2D eigenvalue weighted by molar-refractivity contribution is -0.122. The van der Waals surface area contributed by atoms with Crippen molar-refractivity contribution < 1.29 is 14.6 Å². The monoisotopic (exact) mass is 299 g/mol. The molecule has 1 aliphatic rings. The molecular weight excluding hydrogens is 286 g/mol. The Bertz CT molecular complexity index is 416. The number of hydrogen-bond acceptors (Lipinski definition) is 3. The highest BCUT2D eigenvalue weighted by Crippen LogP contribution is 2.28. The number of nitrogens with one attached hydrogen (secondary N) is 1. The molecule has 1 aromatic carbocycles. The van der Waals surface area contributed by atoms with Crippen LogP contribution in [0.25, 0.3) is 0 Å². The summed E-state index contributed by atoms with van der Waals surface area (Å²) in [6, 6.07) is 4.95. The SMILES string of the molecule is O=C(Nc1cc(Br)ccc1O)C1CCOCC1. The van der Waals surface area contributed by atoms with Crippen LogP contribution in [0.1, 0.15) is 12.8 Å². The number of amides is 1. The molecule has 1 saturated heterocycles. The van der Waals surface area contributed by atoms with Crippen molar-refractivity contribution in [1.82, 2.24) is 0 Å². The average molecular weight is 300 g/mol. The van der Waals surface area contributed by atoms with Crippen molar-refractivity contribution >= 4 is 27.5 Å². The third-order valence-electron chi connectivity index (χ3n) is 2.81. The third-order valence-corrected chi connectivity index (χ3v) is 3.30. The minimum Gasteiger partial charge on any atom is -0.506 e. The molecule has 0 unspecified atom stereocenters. The lowest BCUT2D eigenvalue weighted by atomic mass is 9.99. The van der Waals surface area contributed by atoms with Crippen molar-refractivity contribution in [2.75, 3.05) is 18.5 Å². The maximum Gasteiger partial charge on any atom is 0.227 e. The third kappa shape index (κ3) is 3.20. The zero-order valence-corrected chi connectivity index (χ0v) is 10.9. The molecule has 1 amide bonds. The molecule has 0 bridgehead atoms. The first-order chi connectivity index (χ1) is 8.16. The van der Waals surface area contributed by atoms with Crippen molar-refractivity contribution in [3.8, 4) is 5.75 Å². The minimum absolute atomic E-state index is 0.0258. The van der Waals surface area contributed by atoms with Gasteiger partial charge in [-0.05, 0) is 31.0 Å². The van der Waals surface area contributed by atoms with Gasteiger partial charge in [0.25, 0.3) is 0 Å². The normalized spacial score (nSPS) is 16.8. The molecular formula is C12H14BrNO3. The van der Waals surface area contributed by atoms with Crippen molar-refractivity contribution in [3.05, 3.63) is 22.7 Å². The van der Waals surface area contributed by atoms with Gasteiger partial charge in [-0.3, -0.25) is 4.79 Å². The molecule has 0 spiro atoms. The van der Waals surface area contributed by atoms with E-state index < -0.39 is 0 Å². The summed E-state index contributed by atoms with van der Waals surface area (Å²) in [4.78, 5) is 11.9. The van der Waals surface area contributed by atoms with Crippen LogP contribution in [0.3, 0.4) is 0 Å². The number of carbonyl (C=O) groups is 1. The second kappa shape index (κ2) is 5.51. The predicted molar refractivity (Wildman–Crippen MR) is 68.0 cm³/mol. The van der Waals surface area contributed by atoms with Crippen LogP contribution >= 0.6 is 15.9 Å². The van der Waals surface area contributed by atoms with Crippen LogP contribution in [-0.2, 0) is 9.53 Å². The molecule has 1 heterocycles. The van der Waals surface area contributed by atoms with Gasteiger partial charge in [0.1, 0.15) is 5.75 Å². The number of anilines is 1. The van der Waals surface area contributed by atoms with Crippen LogP contribution < -0.4 is 5.32 Å². The number of benzene rings is 1. The van der Waals surface area contributed by atoms with E-state index in [0.29, 0.717) is 18.9 Å². The summed E-state index contributed by atoms with van der Waals surface area (Å²) < 4.78 is 6.02. The molecule has 92 valence electrons. The number of rotatable bonds is 2. The summed E-state index contributed by atoms with van der Waals surface area (Å²) in [5.41, 5.74) is 0.441. The van der Waals surface area contributed by atoms with E-state index in [1.807, 2.05) is 0 Å². The van der Waals surface area contributed by atoms with Gasteiger partial charge >= 0.3 is 0 Å². The highest BCUT2D eigenvalue weighted by molar-refractivity contribution is 9.10. The summed E-state index contributed by atoms with van der Waals surface area (Å²) in [7, 11) is 0. The van der Waals surface area contributed by atoms with E-state index in [9.17, 15) is 9.90 Å². The molecule has 17 heavy (non-hydrogen) atoms. The van der Waals surface area contributed by atoms with Gasteiger partial charge in [0, 0.05) is 23.6 Å². The number of ether oxygens (including phenoxy) is 1. The quantitative estimate of drug-likeness (QED) is 0.825. The predicted octanol–water partition coefficient (Wildman–Crippen LogP) is 2.52. The van der Waals surface area contributed by atoms with Gasteiger partial charge in [0.05, 0.1) is 5.69 Å². The van der Waals surface area contributed by atoms with E-state index in [4.69, 9.17) is 4.74 Å². The Hall–Kier alpha value is -1.07. The summed E-state index contributed by atoms with van der Waals surface area (Å²) >= 11 is 3.30. The largest absolute Gasteiger partial charge is 0.506 e. The Balaban J connectivity index is 2.04. The molecule has 1 aliphatic heterocycles. The van der Waals surface area contributed by atoms with Crippen LogP contribution in [0.5, 0.6) is 5.75 Å². The van der Waals surface area contributed by atoms with Gasteiger partial charge in [-0.2, -0.15) is 0 Å². The first kappa shape index (κ1) is 12.4. The Kier molecular flexibility index (Phi) is 4.02. The van der Waals surface area contributed by atoms with E-state index in [2.05, 4.69) is 21.2 Å². The standard InChI is InChI=1S/C12H14BrNO3/c13-9-1-2-11(15)10(7-9)14-12(16)8-3-5-17-6-4-8/h1-2,7-8,15H,3-6H2,(H,14,16). The number of aromatic hydroxyl groups is 1. The second-order valence-corrected chi connectivity index (χ2v) is 4.95. The molecule has 0 saturated carbocycles. The van der Waals surface area contributed by atoms with E-state index in [1.165, 1.54) is 0 Å². The van der Waals surface area contributed by atoms with Gasteiger partial charge in [-0.25, -0.2) is 0 Å². The van der Waals surface area contributed by atoms with Crippen molar-refractivity contribution in [3.63, 3.8) is 0 Å². The summed E-state index contributed by atoms with van der Waals surface area (Å²) in [5.74, 6) is -0.00237. The molecule has 1 aromatic rings. The summed E-state index contributed by atoms with van der Waals surface area (Å²) in [5, 5.41) is 12.4. The highest BCUT2D eigenvalue weighted by Gasteiger charge is 2.22. The van der Waals surface area contributed by atoms with Gasteiger partial charge < -0.3 is 15.2 Å². The maximum absolute atomic E-state index is 11.9. The molecule has 2 N–H and O–H groups in total. The number of hydrogen-bond donors (Lipinski definition) is 2. The summed E-state index contributed by atoms with van der Waals surface area (Å²) in [6.07, 6.45) is 1.47. The first-order valence-corrected chi connectivity index (χ1v) is 6.33. The fourth-order valence-electron chi connectivity index (χ4n) is 1.80. The van der Waals surface area contributed by atoms with E-state index in [1.54, 1.807) is 18.2 Å². The van der Waals surface area contributed by atoms with Crippen molar-refractivity contribution in [2.24, 2.45) is 5.92 Å². The van der Waals surface area contributed by atoms with Crippen LogP contribution in [0.2, 0.25) is 0 Å². The zero-order valence-electron chi connectivity index (χ0n) is 9.28. The van der Waals surface area contributed by atoms with Crippen molar-refractivity contribution in [2.45, 2.75) is 12.8 Å². The van der Waals surface area contributed by atoms with E-state index >= 15 is 0 Å². The Morgan fingerprint density at radius 1 is 1.41 bits per heavy atom.